The molecule has 3 aromatic carbocycles. The summed E-state index contributed by atoms with van der Waals surface area (Å²) in [6, 6.07) is 28.7. The van der Waals surface area contributed by atoms with Gasteiger partial charge in [0.1, 0.15) is 29.3 Å². The van der Waals surface area contributed by atoms with E-state index >= 15 is 0 Å². The highest BCUT2D eigenvalue weighted by atomic mass is 32.2. The van der Waals surface area contributed by atoms with E-state index in [1.54, 1.807) is 32.9 Å². The van der Waals surface area contributed by atoms with E-state index in [2.05, 4.69) is 79.8 Å². The number of benzene rings is 3. The molecule has 1 aromatic heterocycles. The highest BCUT2D eigenvalue weighted by Crippen LogP contribution is 2.58. The van der Waals surface area contributed by atoms with Crippen LogP contribution in [-0.2, 0) is 23.3 Å². The summed E-state index contributed by atoms with van der Waals surface area (Å²) in [5.41, 5.74) is 1.27. The molecule has 2 bridgehead atoms. The fourth-order valence-electron chi connectivity index (χ4n) is 7.35. The van der Waals surface area contributed by atoms with E-state index in [0.717, 1.165) is 28.2 Å². The lowest BCUT2D eigenvalue weighted by atomic mass is 9.84. The number of fused-ring (bicyclic) bond motifs is 2. The molecule has 292 valence electrons. The van der Waals surface area contributed by atoms with E-state index in [0.29, 0.717) is 11.3 Å². The van der Waals surface area contributed by atoms with Crippen LogP contribution in [0.5, 0.6) is 11.5 Å². The third-order valence-corrected chi connectivity index (χ3v) is 13.9. The molecule has 0 radical (unpaired) electrons. The van der Waals surface area contributed by atoms with Gasteiger partial charge in [0, 0.05) is 29.6 Å². The van der Waals surface area contributed by atoms with Crippen molar-refractivity contribution in [1.82, 2.24) is 14.2 Å². The smallest absolute Gasteiger partial charge is 0.330 e. The molecule has 1 N–H and O–H groups in total. The molecule has 2 fully saturated rings. The monoisotopic (exact) mass is 788 g/mol. The number of aromatic nitrogens is 2. The van der Waals surface area contributed by atoms with E-state index in [-0.39, 0.29) is 31.7 Å². The highest BCUT2D eigenvalue weighted by molar-refractivity contribution is 8.00. The molecule has 2 aliphatic heterocycles. The summed E-state index contributed by atoms with van der Waals surface area (Å²) in [6.07, 6.45) is -0.609. The zero-order valence-corrected chi connectivity index (χ0v) is 34.0. The van der Waals surface area contributed by atoms with Crippen LogP contribution < -0.4 is 20.7 Å². The molecule has 0 saturated carbocycles. The van der Waals surface area contributed by atoms with Gasteiger partial charge in [-0.3, -0.25) is 14.3 Å². The average molecular weight is 789 g/mol. The molecule has 2 aliphatic rings. The minimum Gasteiger partial charge on any atom is -0.497 e. The molecule has 4 aromatic rings. The van der Waals surface area contributed by atoms with Crippen molar-refractivity contribution in [2.24, 2.45) is 0 Å². The molecule has 12 nitrogen and oxygen atoms in total. The Morgan fingerprint density at radius 2 is 1.55 bits per heavy atom. The number of nitriles is 1. The maximum Gasteiger partial charge on any atom is 0.330 e. The van der Waals surface area contributed by atoms with E-state index in [1.165, 1.54) is 10.8 Å². The number of nitrogens with zero attached hydrogens (tertiary/aromatic N) is 3. The summed E-state index contributed by atoms with van der Waals surface area (Å²) in [7, 11) is 1.58. The molecule has 0 amide bonds. The SMILES string of the molecule is COc1ccc(C(SC[C@]23CO[C@@H](C2OP(OCCC#N)N(C(C)C)C(C)C)[C@H](n2cc(C)c(=O)[nH]c2=O)O3)(c2ccccc2)c2ccc(OC)cc2)cc1. The van der Waals surface area contributed by atoms with Crippen molar-refractivity contribution in [3.63, 3.8) is 0 Å². The Labute approximate surface area is 327 Å². The lowest BCUT2D eigenvalue weighted by molar-refractivity contribution is -0.165. The minimum atomic E-state index is -1.72. The van der Waals surface area contributed by atoms with Gasteiger partial charge in [0.2, 0.25) is 0 Å². The number of methoxy groups -OCH3 is 2. The van der Waals surface area contributed by atoms with Crippen molar-refractivity contribution in [1.29, 1.82) is 5.26 Å². The normalized spacial score (nSPS) is 21.3. The fraction of sp³-hybridized carbons (Fsp3) is 0.439. The summed E-state index contributed by atoms with van der Waals surface area (Å²) in [6.45, 7) is 10.3. The molecule has 14 heteroatoms. The van der Waals surface area contributed by atoms with Crippen LogP contribution in [0.2, 0.25) is 0 Å². The number of aromatic amines is 1. The standard InChI is InChI=1S/C41H49N4O8PS/c1-27(2)45(28(3)4)54(51-23-11-22-42)53-36-35-38(44-24-29(5)37(46)43-39(44)47)52-40(36,25-50-35)26-55-41(30-12-9-8-10-13-30,31-14-18-33(48-6)19-15-31)32-16-20-34(49-7)21-17-32/h8-10,12-21,24,27-28,35-36,38H,11,23,25-26H2,1-7H3,(H,43,46,47)/t35-,36?,38+,40+,54?/m0/s1. The van der Waals surface area contributed by atoms with Gasteiger partial charge in [-0.25, -0.2) is 9.46 Å². The first-order chi connectivity index (χ1) is 26.5. The second-order valence-corrected chi connectivity index (χ2v) is 16.8. The van der Waals surface area contributed by atoms with Gasteiger partial charge in [0.15, 0.2) is 6.23 Å². The minimum absolute atomic E-state index is 0.0514. The Balaban J connectivity index is 1.49. The molecule has 2 unspecified atom stereocenters. The number of hydrogen-bond donors (Lipinski definition) is 1. The molecule has 0 aliphatic carbocycles. The van der Waals surface area contributed by atoms with Crippen molar-refractivity contribution >= 4 is 20.3 Å². The molecule has 5 atom stereocenters. The van der Waals surface area contributed by atoms with Crippen LogP contribution in [0.1, 0.15) is 62.6 Å². The van der Waals surface area contributed by atoms with Crippen LogP contribution in [0, 0.1) is 18.3 Å². The maximum atomic E-state index is 13.4. The molecule has 0 spiro atoms. The Morgan fingerprint density at radius 1 is 0.964 bits per heavy atom. The van der Waals surface area contributed by atoms with Gasteiger partial charge >= 0.3 is 5.69 Å². The van der Waals surface area contributed by atoms with Gasteiger partial charge in [0.25, 0.3) is 14.1 Å². The highest BCUT2D eigenvalue weighted by Gasteiger charge is 2.65. The maximum absolute atomic E-state index is 13.4. The Bertz CT molecular complexity index is 2000. The van der Waals surface area contributed by atoms with E-state index in [1.807, 2.05) is 42.5 Å². The molecule has 3 heterocycles. The topological polar surface area (TPSA) is 137 Å². The quantitative estimate of drug-likeness (QED) is 0.0679. The van der Waals surface area contributed by atoms with Crippen molar-refractivity contribution in [3.05, 3.63) is 128 Å². The molecular formula is C41H49N4O8PS. The number of thioether (sulfide) groups is 1. The zero-order chi connectivity index (χ0) is 39.3. The molecule has 6 rings (SSSR count). The van der Waals surface area contributed by atoms with Crippen molar-refractivity contribution < 1.29 is 28.0 Å². The van der Waals surface area contributed by atoms with Crippen LogP contribution in [0.15, 0.2) is 94.6 Å². The Morgan fingerprint density at radius 3 is 2.09 bits per heavy atom. The first kappa shape index (κ1) is 40.7. The van der Waals surface area contributed by atoms with Gasteiger partial charge in [-0.2, -0.15) is 5.26 Å². The van der Waals surface area contributed by atoms with Crippen LogP contribution >= 0.6 is 20.3 Å². The molecule has 2 saturated heterocycles. The van der Waals surface area contributed by atoms with Crippen molar-refractivity contribution in [3.8, 4) is 17.6 Å². The number of nitrogens with one attached hydrogen (secondary N) is 1. The van der Waals surface area contributed by atoms with E-state index < -0.39 is 48.6 Å². The number of rotatable bonds is 17. The predicted octanol–water partition coefficient (Wildman–Crippen LogP) is 6.92. The van der Waals surface area contributed by atoms with E-state index in [4.69, 9.17) is 28.0 Å². The van der Waals surface area contributed by atoms with Crippen molar-refractivity contribution in [2.45, 2.75) is 81.9 Å². The van der Waals surface area contributed by atoms with Gasteiger partial charge < -0.3 is 28.0 Å². The summed E-state index contributed by atoms with van der Waals surface area (Å²) in [5.74, 6) is 1.83. The third kappa shape index (κ3) is 8.14. The molecule has 55 heavy (non-hydrogen) atoms. The zero-order valence-electron chi connectivity index (χ0n) is 32.3. The number of hydrogen-bond acceptors (Lipinski definition) is 11. The van der Waals surface area contributed by atoms with Crippen LogP contribution in [0.3, 0.4) is 0 Å². The first-order valence-corrected chi connectivity index (χ1v) is 20.4. The van der Waals surface area contributed by atoms with Crippen molar-refractivity contribution in [2.75, 3.05) is 33.2 Å². The van der Waals surface area contributed by atoms with Gasteiger partial charge in [-0.15, -0.1) is 11.8 Å². The lowest BCUT2D eigenvalue weighted by Gasteiger charge is -2.41. The average Bonchev–Trinajstić information content (AvgIpc) is 3.68. The van der Waals surface area contributed by atoms with Gasteiger partial charge in [0.05, 0.1) is 44.7 Å². The second-order valence-electron chi connectivity index (χ2n) is 14.2. The summed E-state index contributed by atoms with van der Waals surface area (Å²) in [4.78, 5) is 28.2. The predicted molar refractivity (Wildman–Crippen MR) is 214 cm³/mol. The second kappa shape index (κ2) is 17.4. The van der Waals surface area contributed by atoms with Crippen LogP contribution in [-0.4, -0.2) is 77.3 Å². The number of ether oxygens (including phenoxy) is 4. The summed E-state index contributed by atoms with van der Waals surface area (Å²) < 4.78 is 41.0. The summed E-state index contributed by atoms with van der Waals surface area (Å²) in [5, 5.41) is 9.38. The number of H-pyrrole nitrogens is 1. The first-order valence-electron chi connectivity index (χ1n) is 18.3. The van der Waals surface area contributed by atoms with Gasteiger partial charge in [-0.05, 0) is 75.6 Å². The largest absolute Gasteiger partial charge is 0.497 e. The summed E-state index contributed by atoms with van der Waals surface area (Å²) >= 11 is 1.68. The Hall–Kier alpha value is -3.99. The fourth-order valence-corrected chi connectivity index (χ4v) is 10.8. The Kier molecular flexibility index (Phi) is 12.9. The van der Waals surface area contributed by atoms with Gasteiger partial charge in [-0.1, -0.05) is 54.6 Å². The molecular weight excluding hydrogens is 740 g/mol. The number of aryl methyl sites for hydroxylation is 1. The van der Waals surface area contributed by atoms with Crippen LogP contribution in [0.25, 0.3) is 0 Å². The lowest BCUT2D eigenvalue weighted by Crippen LogP contribution is -2.46. The van der Waals surface area contributed by atoms with Crippen LogP contribution in [0.4, 0.5) is 0 Å². The van der Waals surface area contributed by atoms with E-state index in [9.17, 15) is 14.9 Å². The third-order valence-electron chi connectivity index (χ3n) is 9.97.